The van der Waals surface area contributed by atoms with Crippen molar-refractivity contribution in [3.8, 4) is 0 Å². The number of aryl methyl sites for hydroxylation is 1. The summed E-state index contributed by atoms with van der Waals surface area (Å²) >= 11 is 0. The summed E-state index contributed by atoms with van der Waals surface area (Å²) in [5, 5.41) is 2.98. The molecule has 1 aromatic carbocycles. The van der Waals surface area contributed by atoms with Gasteiger partial charge in [-0.25, -0.2) is 12.8 Å². The molecule has 0 unspecified atom stereocenters. The average molecular weight is 259 g/mol. The molecule has 0 aliphatic rings. The topological polar surface area (TPSA) is 46.2 Å². The molecule has 1 rings (SSSR count). The molecule has 0 amide bonds. The smallest absolute Gasteiger partial charge is 0.152 e. The minimum atomic E-state index is -2.96. The number of hydrogen-bond donors (Lipinski definition) is 1. The summed E-state index contributed by atoms with van der Waals surface area (Å²) in [5.41, 5.74) is 1.29. The van der Waals surface area contributed by atoms with Crippen LogP contribution in [0.15, 0.2) is 18.2 Å². The SMILES string of the molecule is CCCS(=O)(=O)CCNc1ccc(F)c(C)c1. The third-order valence-electron chi connectivity index (χ3n) is 2.42. The lowest BCUT2D eigenvalue weighted by molar-refractivity contribution is 0.595. The van der Waals surface area contributed by atoms with E-state index in [4.69, 9.17) is 0 Å². The maximum atomic E-state index is 13.0. The number of anilines is 1. The van der Waals surface area contributed by atoms with Crippen LogP contribution < -0.4 is 5.32 Å². The summed E-state index contributed by atoms with van der Waals surface area (Å²) < 4.78 is 35.9. The fraction of sp³-hybridized carbons (Fsp3) is 0.500. The van der Waals surface area contributed by atoms with Gasteiger partial charge in [-0.1, -0.05) is 6.92 Å². The molecular weight excluding hydrogens is 241 g/mol. The second kappa shape index (κ2) is 6.00. The Morgan fingerprint density at radius 3 is 2.59 bits per heavy atom. The molecule has 0 saturated heterocycles. The van der Waals surface area contributed by atoms with Crippen LogP contribution in [0.5, 0.6) is 0 Å². The highest BCUT2D eigenvalue weighted by Crippen LogP contribution is 2.13. The summed E-state index contributed by atoms with van der Waals surface area (Å²) in [5.74, 6) is 0.0724. The van der Waals surface area contributed by atoms with Crippen LogP contribution in [0.2, 0.25) is 0 Å². The van der Waals surface area contributed by atoms with E-state index in [1.165, 1.54) is 6.07 Å². The van der Waals surface area contributed by atoms with Gasteiger partial charge in [-0.3, -0.25) is 0 Å². The van der Waals surface area contributed by atoms with Gasteiger partial charge >= 0.3 is 0 Å². The average Bonchev–Trinajstić information content (AvgIpc) is 2.23. The van der Waals surface area contributed by atoms with Gasteiger partial charge in [0.25, 0.3) is 0 Å². The van der Waals surface area contributed by atoms with Gasteiger partial charge in [-0.2, -0.15) is 0 Å². The highest BCUT2D eigenvalue weighted by atomic mass is 32.2. The molecular formula is C12H18FNO2S. The largest absolute Gasteiger partial charge is 0.384 e. The number of halogens is 1. The van der Waals surface area contributed by atoms with E-state index in [1.807, 2.05) is 6.92 Å². The molecule has 0 heterocycles. The molecule has 0 saturated carbocycles. The van der Waals surface area contributed by atoms with E-state index >= 15 is 0 Å². The highest BCUT2D eigenvalue weighted by molar-refractivity contribution is 7.91. The summed E-state index contributed by atoms with van der Waals surface area (Å²) in [6.45, 7) is 3.87. The van der Waals surface area contributed by atoms with E-state index in [0.29, 0.717) is 18.5 Å². The number of sulfone groups is 1. The molecule has 0 aromatic heterocycles. The van der Waals surface area contributed by atoms with E-state index in [-0.39, 0.29) is 17.3 Å². The van der Waals surface area contributed by atoms with E-state index in [9.17, 15) is 12.8 Å². The van der Waals surface area contributed by atoms with Crippen molar-refractivity contribution in [3.63, 3.8) is 0 Å². The van der Waals surface area contributed by atoms with Gasteiger partial charge in [0.15, 0.2) is 9.84 Å². The second-order valence-corrected chi connectivity index (χ2v) is 6.35. The minimum Gasteiger partial charge on any atom is -0.384 e. The maximum Gasteiger partial charge on any atom is 0.152 e. The van der Waals surface area contributed by atoms with Gasteiger partial charge in [0, 0.05) is 18.0 Å². The third kappa shape index (κ3) is 4.73. The Bertz CT molecular complexity index is 471. The van der Waals surface area contributed by atoms with Crippen molar-refractivity contribution in [2.75, 3.05) is 23.4 Å². The Kier molecular flexibility index (Phi) is 4.93. The van der Waals surface area contributed by atoms with E-state index in [1.54, 1.807) is 19.1 Å². The summed E-state index contributed by atoms with van der Waals surface area (Å²) in [4.78, 5) is 0. The Morgan fingerprint density at radius 1 is 1.29 bits per heavy atom. The first-order chi connectivity index (χ1) is 7.94. The fourth-order valence-electron chi connectivity index (χ4n) is 1.52. The van der Waals surface area contributed by atoms with Crippen molar-refractivity contribution in [2.24, 2.45) is 0 Å². The Morgan fingerprint density at radius 2 is 2.00 bits per heavy atom. The molecule has 0 aliphatic heterocycles. The summed E-state index contributed by atoms with van der Waals surface area (Å²) in [7, 11) is -2.96. The van der Waals surface area contributed by atoms with Crippen molar-refractivity contribution in [1.82, 2.24) is 0 Å². The van der Waals surface area contributed by atoms with Crippen LogP contribution in [0.25, 0.3) is 0 Å². The Balaban J connectivity index is 2.49. The van der Waals surface area contributed by atoms with E-state index in [0.717, 1.165) is 5.69 Å². The second-order valence-electron chi connectivity index (χ2n) is 4.04. The number of benzene rings is 1. The summed E-state index contributed by atoms with van der Waals surface area (Å²) in [6, 6.07) is 4.65. The van der Waals surface area contributed by atoms with Gasteiger partial charge < -0.3 is 5.32 Å². The maximum absolute atomic E-state index is 13.0. The molecule has 0 atom stereocenters. The predicted octanol–water partition coefficient (Wildman–Crippen LogP) is 2.37. The lowest BCUT2D eigenvalue weighted by atomic mass is 10.2. The van der Waals surface area contributed by atoms with Crippen LogP contribution in [0.4, 0.5) is 10.1 Å². The van der Waals surface area contributed by atoms with Gasteiger partial charge in [-0.05, 0) is 37.1 Å². The molecule has 0 radical (unpaired) electrons. The molecule has 0 fully saturated rings. The number of nitrogens with one attached hydrogen (secondary N) is 1. The Labute approximate surface area is 102 Å². The molecule has 0 aliphatic carbocycles. The molecule has 1 aromatic rings. The standard InChI is InChI=1S/C12H18FNO2S/c1-3-7-17(15,16)8-6-14-11-4-5-12(13)10(2)9-11/h4-5,9,14H,3,6-8H2,1-2H3. The minimum absolute atomic E-state index is 0.108. The van der Waals surface area contributed by atoms with E-state index in [2.05, 4.69) is 5.32 Å². The quantitative estimate of drug-likeness (QED) is 0.853. The molecule has 17 heavy (non-hydrogen) atoms. The van der Waals surface area contributed by atoms with Crippen molar-refractivity contribution >= 4 is 15.5 Å². The highest BCUT2D eigenvalue weighted by Gasteiger charge is 2.08. The van der Waals surface area contributed by atoms with Crippen LogP contribution in [0.3, 0.4) is 0 Å². The summed E-state index contributed by atoms with van der Waals surface area (Å²) in [6.07, 6.45) is 0.637. The van der Waals surface area contributed by atoms with Gasteiger partial charge in [-0.15, -0.1) is 0 Å². The lowest BCUT2D eigenvalue weighted by Gasteiger charge is -2.08. The lowest BCUT2D eigenvalue weighted by Crippen LogP contribution is -2.18. The molecule has 0 bridgehead atoms. The van der Waals surface area contributed by atoms with Crippen LogP contribution in [-0.4, -0.2) is 26.5 Å². The van der Waals surface area contributed by atoms with Crippen LogP contribution in [-0.2, 0) is 9.84 Å². The van der Waals surface area contributed by atoms with Gasteiger partial charge in [0.1, 0.15) is 5.82 Å². The molecule has 1 N–H and O–H groups in total. The first-order valence-electron chi connectivity index (χ1n) is 5.65. The van der Waals surface area contributed by atoms with Crippen LogP contribution in [0, 0.1) is 12.7 Å². The number of hydrogen-bond acceptors (Lipinski definition) is 3. The zero-order chi connectivity index (χ0) is 12.9. The zero-order valence-electron chi connectivity index (χ0n) is 10.2. The molecule has 5 heteroatoms. The predicted molar refractivity (Wildman–Crippen MR) is 68.6 cm³/mol. The van der Waals surface area contributed by atoms with Crippen molar-refractivity contribution < 1.29 is 12.8 Å². The van der Waals surface area contributed by atoms with Crippen molar-refractivity contribution in [2.45, 2.75) is 20.3 Å². The number of rotatable bonds is 6. The van der Waals surface area contributed by atoms with Crippen LogP contribution in [0.1, 0.15) is 18.9 Å². The van der Waals surface area contributed by atoms with E-state index < -0.39 is 9.84 Å². The molecule has 0 spiro atoms. The Hall–Kier alpha value is -1.10. The van der Waals surface area contributed by atoms with Gasteiger partial charge in [0.2, 0.25) is 0 Å². The monoisotopic (exact) mass is 259 g/mol. The molecule has 3 nitrogen and oxygen atoms in total. The third-order valence-corrected chi connectivity index (χ3v) is 4.27. The van der Waals surface area contributed by atoms with Gasteiger partial charge in [0.05, 0.1) is 5.75 Å². The van der Waals surface area contributed by atoms with Crippen molar-refractivity contribution in [1.29, 1.82) is 0 Å². The first-order valence-corrected chi connectivity index (χ1v) is 7.47. The van der Waals surface area contributed by atoms with Crippen LogP contribution >= 0.6 is 0 Å². The fourth-order valence-corrected chi connectivity index (χ4v) is 2.76. The molecule has 96 valence electrons. The van der Waals surface area contributed by atoms with Crippen molar-refractivity contribution in [3.05, 3.63) is 29.6 Å². The normalized spacial score (nSPS) is 11.5. The zero-order valence-corrected chi connectivity index (χ0v) is 11.0. The first kappa shape index (κ1) is 14.0.